The van der Waals surface area contributed by atoms with E-state index in [1.165, 1.54) is 11.1 Å². The Morgan fingerprint density at radius 3 is 2.78 bits per heavy atom. The molecule has 0 saturated carbocycles. The number of aromatic nitrogens is 1. The van der Waals surface area contributed by atoms with Gasteiger partial charge in [0, 0.05) is 24.4 Å². The molecule has 18 heavy (non-hydrogen) atoms. The number of rotatable bonds is 4. The number of aryl methyl sites for hydroxylation is 2. The molecule has 3 nitrogen and oxygen atoms in total. The molecule has 1 heterocycles. The molecule has 1 aromatic carbocycles. The Morgan fingerprint density at radius 1 is 1.33 bits per heavy atom. The Bertz CT molecular complexity index is 533. The standard InChI is InChI=1S/C15H18N2O/c1-4-12-6-5-7-14(16-3)13(12)8-9-15-17-10-11(2)18-15/h5-10,16H,4H2,1-3H3/b9-8+. The van der Waals surface area contributed by atoms with Crippen molar-refractivity contribution in [2.75, 3.05) is 12.4 Å². The smallest absolute Gasteiger partial charge is 0.218 e. The molecule has 0 bridgehead atoms. The van der Waals surface area contributed by atoms with Crippen molar-refractivity contribution in [2.24, 2.45) is 0 Å². The third kappa shape index (κ3) is 2.62. The minimum Gasteiger partial charge on any atom is -0.442 e. The first kappa shape index (κ1) is 12.4. The van der Waals surface area contributed by atoms with E-state index in [0.717, 1.165) is 17.9 Å². The SMILES string of the molecule is CCc1cccc(NC)c1/C=C/c1ncc(C)o1. The quantitative estimate of drug-likeness (QED) is 0.887. The summed E-state index contributed by atoms with van der Waals surface area (Å²) in [6.07, 6.45) is 6.68. The van der Waals surface area contributed by atoms with Crippen LogP contribution in [-0.4, -0.2) is 12.0 Å². The first-order chi connectivity index (χ1) is 8.74. The Labute approximate surface area is 108 Å². The van der Waals surface area contributed by atoms with Crippen LogP contribution in [0.5, 0.6) is 0 Å². The zero-order valence-corrected chi connectivity index (χ0v) is 11.0. The summed E-state index contributed by atoms with van der Waals surface area (Å²) in [5.74, 6) is 1.47. The van der Waals surface area contributed by atoms with Gasteiger partial charge in [-0.15, -0.1) is 0 Å². The molecule has 1 N–H and O–H groups in total. The molecule has 0 radical (unpaired) electrons. The molecule has 2 aromatic rings. The maximum absolute atomic E-state index is 5.43. The van der Waals surface area contributed by atoms with E-state index < -0.39 is 0 Å². The predicted octanol–water partition coefficient (Wildman–Crippen LogP) is 3.76. The molecule has 0 amide bonds. The molecule has 0 aliphatic heterocycles. The predicted molar refractivity (Wildman–Crippen MR) is 75.5 cm³/mol. The summed E-state index contributed by atoms with van der Waals surface area (Å²) in [6, 6.07) is 6.28. The summed E-state index contributed by atoms with van der Waals surface area (Å²) < 4.78 is 5.43. The van der Waals surface area contributed by atoms with Crippen molar-refractivity contribution in [3.05, 3.63) is 47.2 Å². The van der Waals surface area contributed by atoms with Crippen LogP contribution in [0.2, 0.25) is 0 Å². The average Bonchev–Trinajstić information content (AvgIpc) is 2.81. The fraction of sp³-hybridized carbons (Fsp3) is 0.267. The number of nitrogens with zero attached hydrogens (tertiary/aromatic N) is 1. The number of oxazole rings is 1. The topological polar surface area (TPSA) is 38.1 Å². The highest BCUT2D eigenvalue weighted by Gasteiger charge is 2.03. The van der Waals surface area contributed by atoms with Crippen LogP contribution >= 0.6 is 0 Å². The van der Waals surface area contributed by atoms with Crippen molar-refractivity contribution in [2.45, 2.75) is 20.3 Å². The van der Waals surface area contributed by atoms with Crippen molar-refractivity contribution in [3.8, 4) is 0 Å². The second-order valence-electron chi connectivity index (χ2n) is 4.12. The highest BCUT2D eigenvalue weighted by molar-refractivity contribution is 5.76. The van der Waals surface area contributed by atoms with E-state index in [4.69, 9.17) is 4.42 Å². The van der Waals surface area contributed by atoms with Crippen LogP contribution in [0.1, 0.15) is 29.7 Å². The van der Waals surface area contributed by atoms with Crippen molar-refractivity contribution < 1.29 is 4.42 Å². The van der Waals surface area contributed by atoms with Crippen LogP contribution in [0, 0.1) is 6.92 Å². The molecular formula is C15H18N2O. The Morgan fingerprint density at radius 2 is 2.17 bits per heavy atom. The average molecular weight is 242 g/mol. The van der Waals surface area contributed by atoms with Crippen LogP contribution in [0.4, 0.5) is 5.69 Å². The zero-order valence-electron chi connectivity index (χ0n) is 11.0. The van der Waals surface area contributed by atoms with Gasteiger partial charge in [0.1, 0.15) is 5.76 Å². The van der Waals surface area contributed by atoms with Gasteiger partial charge in [-0.2, -0.15) is 0 Å². The monoisotopic (exact) mass is 242 g/mol. The summed E-state index contributed by atoms with van der Waals surface area (Å²) in [5, 5.41) is 3.21. The van der Waals surface area contributed by atoms with Gasteiger partial charge in [0.25, 0.3) is 0 Å². The molecule has 94 valence electrons. The second kappa shape index (κ2) is 5.54. The molecule has 0 atom stereocenters. The minimum atomic E-state index is 0.639. The lowest BCUT2D eigenvalue weighted by Crippen LogP contribution is -1.95. The number of hydrogen-bond acceptors (Lipinski definition) is 3. The van der Waals surface area contributed by atoms with Crippen LogP contribution in [0.15, 0.2) is 28.8 Å². The van der Waals surface area contributed by atoms with Crippen LogP contribution in [-0.2, 0) is 6.42 Å². The molecule has 0 aliphatic rings. The van der Waals surface area contributed by atoms with Crippen LogP contribution in [0.3, 0.4) is 0 Å². The molecule has 3 heteroatoms. The third-order valence-corrected chi connectivity index (χ3v) is 2.88. The Balaban J connectivity index is 2.35. The van der Waals surface area contributed by atoms with Gasteiger partial charge < -0.3 is 9.73 Å². The second-order valence-corrected chi connectivity index (χ2v) is 4.12. The van der Waals surface area contributed by atoms with Gasteiger partial charge in [0.2, 0.25) is 5.89 Å². The molecular weight excluding hydrogens is 224 g/mol. The van der Waals surface area contributed by atoms with E-state index in [1.807, 2.05) is 20.0 Å². The summed E-state index contributed by atoms with van der Waals surface area (Å²) >= 11 is 0. The molecule has 1 aromatic heterocycles. The lowest BCUT2D eigenvalue weighted by molar-refractivity contribution is 0.517. The first-order valence-electron chi connectivity index (χ1n) is 6.14. The molecule has 0 saturated heterocycles. The summed E-state index contributed by atoms with van der Waals surface area (Å²) in [4.78, 5) is 4.17. The fourth-order valence-electron chi connectivity index (χ4n) is 1.94. The van der Waals surface area contributed by atoms with E-state index in [2.05, 4.69) is 41.5 Å². The third-order valence-electron chi connectivity index (χ3n) is 2.88. The summed E-state index contributed by atoms with van der Waals surface area (Å²) in [7, 11) is 1.93. The van der Waals surface area contributed by atoms with Gasteiger partial charge in [0.15, 0.2) is 0 Å². The van der Waals surface area contributed by atoms with E-state index in [1.54, 1.807) is 6.20 Å². The van der Waals surface area contributed by atoms with E-state index in [9.17, 15) is 0 Å². The maximum atomic E-state index is 5.43. The summed E-state index contributed by atoms with van der Waals surface area (Å²) in [5.41, 5.74) is 3.62. The molecule has 0 spiro atoms. The molecule has 0 unspecified atom stereocenters. The van der Waals surface area contributed by atoms with Gasteiger partial charge >= 0.3 is 0 Å². The molecule has 0 fully saturated rings. The molecule has 0 aliphatic carbocycles. The highest BCUT2D eigenvalue weighted by atomic mass is 16.3. The number of anilines is 1. The van der Waals surface area contributed by atoms with Gasteiger partial charge in [-0.1, -0.05) is 19.1 Å². The largest absolute Gasteiger partial charge is 0.442 e. The van der Waals surface area contributed by atoms with Gasteiger partial charge in [0.05, 0.1) is 6.20 Å². The van der Waals surface area contributed by atoms with E-state index in [-0.39, 0.29) is 0 Å². The number of nitrogens with one attached hydrogen (secondary N) is 1. The molecule has 2 rings (SSSR count). The Kier molecular flexibility index (Phi) is 3.82. The van der Waals surface area contributed by atoms with Gasteiger partial charge in [-0.05, 0) is 31.1 Å². The number of benzene rings is 1. The van der Waals surface area contributed by atoms with Crippen molar-refractivity contribution in [1.82, 2.24) is 4.98 Å². The summed E-state index contributed by atoms with van der Waals surface area (Å²) in [6.45, 7) is 4.05. The van der Waals surface area contributed by atoms with Gasteiger partial charge in [-0.25, -0.2) is 4.98 Å². The normalized spacial score (nSPS) is 11.1. The van der Waals surface area contributed by atoms with E-state index in [0.29, 0.717) is 5.89 Å². The number of hydrogen-bond donors (Lipinski definition) is 1. The maximum Gasteiger partial charge on any atom is 0.218 e. The fourth-order valence-corrected chi connectivity index (χ4v) is 1.94. The van der Waals surface area contributed by atoms with Gasteiger partial charge in [-0.3, -0.25) is 0 Å². The minimum absolute atomic E-state index is 0.639. The Hall–Kier alpha value is -2.03. The van der Waals surface area contributed by atoms with Crippen LogP contribution in [0.25, 0.3) is 12.2 Å². The van der Waals surface area contributed by atoms with Crippen LogP contribution < -0.4 is 5.32 Å². The van der Waals surface area contributed by atoms with Crippen molar-refractivity contribution in [1.29, 1.82) is 0 Å². The lowest BCUT2D eigenvalue weighted by atomic mass is 10.0. The van der Waals surface area contributed by atoms with Crippen molar-refractivity contribution in [3.63, 3.8) is 0 Å². The zero-order chi connectivity index (χ0) is 13.0. The van der Waals surface area contributed by atoms with Crippen molar-refractivity contribution >= 4 is 17.8 Å². The highest BCUT2D eigenvalue weighted by Crippen LogP contribution is 2.22. The van der Waals surface area contributed by atoms with E-state index >= 15 is 0 Å². The lowest BCUT2D eigenvalue weighted by Gasteiger charge is -2.09. The first-order valence-corrected chi connectivity index (χ1v) is 6.14.